The molecular weight excluding hydrogens is 240 g/mol. The number of hydrogen-bond acceptors (Lipinski definition) is 6. The molecule has 0 spiro atoms. The highest BCUT2D eigenvalue weighted by Crippen LogP contribution is 2.13. The lowest BCUT2D eigenvalue weighted by Gasteiger charge is -2.03. The van der Waals surface area contributed by atoms with E-state index in [1.54, 1.807) is 0 Å². The van der Waals surface area contributed by atoms with Crippen molar-refractivity contribution in [3.63, 3.8) is 0 Å². The fourth-order valence-corrected chi connectivity index (χ4v) is 1.16. The number of benzene rings is 1. The molecule has 0 unspecified atom stereocenters. The summed E-state index contributed by atoms with van der Waals surface area (Å²) in [5, 5.41) is 22.0. The van der Waals surface area contributed by atoms with Crippen molar-refractivity contribution in [2.75, 3.05) is 6.61 Å². The second kappa shape index (κ2) is 6.14. The number of oxime groups is 1. The lowest BCUT2D eigenvalue weighted by Crippen LogP contribution is -2.19. The highest BCUT2D eigenvalue weighted by atomic mass is 16.6. The number of rotatable bonds is 5. The Hall–Kier alpha value is -2.70. The number of non-ortho nitro benzene ring substituents is 1. The molecular formula is C11H10N2O5. The van der Waals surface area contributed by atoms with Gasteiger partial charge in [-0.2, -0.15) is 0 Å². The van der Waals surface area contributed by atoms with Crippen LogP contribution in [0, 0.1) is 10.1 Å². The van der Waals surface area contributed by atoms with E-state index in [1.807, 2.05) is 0 Å². The predicted molar refractivity (Wildman–Crippen MR) is 62.6 cm³/mol. The third-order valence-corrected chi connectivity index (χ3v) is 1.98. The van der Waals surface area contributed by atoms with Crippen LogP contribution in [0.3, 0.4) is 0 Å². The van der Waals surface area contributed by atoms with Gasteiger partial charge in [-0.1, -0.05) is 17.8 Å². The molecule has 18 heavy (non-hydrogen) atoms. The predicted octanol–water partition coefficient (Wildman–Crippen LogP) is 1.50. The molecule has 1 N–H and O–H groups in total. The van der Waals surface area contributed by atoms with E-state index in [2.05, 4.69) is 11.7 Å². The van der Waals surface area contributed by atoms with Gasteiger partial charge in [0.25, 0.3) is 5.69 Å². The standard InChI is InChI=1S/C11H10N2O5/c1-2-7-18-11(14)10(12-15)8-3-5-9(6-4-8)13(16)17/h2-6,15H,1,7H2/b12-10-. The van der Waals surface area contributed by atoms with Crippen molar-refractivity contribution in [2.24, 2.45) is 5.16 Å². The van der Waals surface area contributed by atoms with Crippen molar-refractivity contribution in [3.8, 4) is 0 Å². The Kier molecular flexibility index (Phi) is 4.56. The van der Waals surface area contributed by atoms with Crippen LogP contribution in [-0.4, -0.2) is 28.4 Å². The Bertz CT molecular complexity index is 493. The van der Waals surface area contributed by atoms with Gasteiger partial charge in [0.15, 0.2) is 5.71 Å². The monoisotopic (exact) mass is 250 g/mol. The van der Waals surface area contributed by atoms with Crippen molar-refractivity contribution < 1.29 is 19.7 Å². The van der Waals surface area contributed by atoms with Crippen molar-refractivity contribution in [2.45, 2.75) is 0 Å². The lowest BCUT2D eigenvalue weighted by atomic mass is 10.1. The molecule has 94 valence electrons. The Morgan fingerprint density at radius 2 is 2.11 bits per heavy atom. The minimum absolute atomic E-state index is 0.0230. The molecule has 0 bridgehead atoms. The first kappa shape index (κ1) is 13.4. The largest absolute Gasteiger partial charge is 0.457 e. The first-order valence-corrected chi connectivity index (χ1v) is 4.85. The molecule has 1 aromatic carbocycles. The molecule has 1 aromatic rings. The number of carbonyl (C=O) groups excluding carboxylic acids is 1. The van der Waals surface area contributed by atoms with E-state index in [4.69, 9.17) is 9.94 Å². The summed E-state index contributed by atoms with van der Waals surface area (Å²) in [6.07, 6.45) is 1.36. The summed E-state index contributed by atoms with van der Waals surface area (Å²) in [5.41, 5.74) is -0.237. The molecule has 0 aromatic heterocycles. The molecule has 1 rings (SSSR count). The molecule has 0 atom stereocenters. The maximum atomic E-state index is 11.5. The van der Waals surface area contributed by atoms with Crippen molar-refractivity contribution in [1.29, 1.82) is 0 Å². The fourth-order valence-electron chi connectivity index (χ4n) is 1.16. The topological polar surface area (TPSA) is 102 Å². The summed E-state index contributed by atoms with van der Waals surface area (Å²) in [5.74, 6) is -0.841. The van der Waals surface area contributed by atoms with Gasteiger partial charge in [-0.05, 0) is 12.1 Å². The van der Waals surface area contributed by atoms with E-state index in [0.717, 1.165) is 0 Å². The quantitative estimate of drug-likeness (QED) is 0.213. The van der Waals surface area contributed by atoms with Gasteiger partial charge in [-0.3, -0.25) is 10.1 Å². The minimum Gasteiger partial charge on any atom is -0.457 e. The van der Waals surface area contributed by atoms with Crippen LogP contribution in [0.1, 0.15) is 5.56 Å². The van der Waals surface area contributed by atoms with E-state index in [9.17, 15) is 14.9 Å². The van der Waals surface area contributed by atoms with Crippen LogP contribution >= 0.6 is 0 Å². The van der Waals surface area contributed by atoms with E-state index >= 15 is 0 Å². The molecule has 0 radical (unpaired) electrons. The van der Waals surface area contributed by atoms with Gasteiger partial charge in [-0.25, -0.2) is 4.79 Å². The third-order valence-electron chi connectivity index (χ3n) is 1.98. The molecule has 0 aliphatic carbocycles. The second-order valence-corrected chi connectivity index (χ2v) is 3.14. The SMILES string of the molecule is C=CCOC(=O)/C(=N\O)c1ccc([N+](=O)[O-])cc1. The van der Waals surface area contributed by atoms with Crippen molar-refractivity contribution in [1.82, 2.24) is 0 Å². The van der Waals surface area contributed by atoms with Crippen molar-refractivity contribution >= 4 is 17.4 Å². The molecule has 0 aliphatic heterocycles. The van der Waals surface area contributed by atoms with Gasteiger partial charge >= 0.3 is 5.97 Å². The maximum Gasteiger partial charge on any atom is 0.361 e. The highest BCUT2D eigenvalue weighted by molar-refractivity contribution is 6.43. The average molecular weight is 250 g/mol. The number of nitro groups is 1. The van der Waals surface area contributed by atoms with Crippen LogP contribution in [0.25, 0.3) is 0 Å². The van der Waals surface area contributed by atoms with E-state index in [-0.39, 0.29) is 23.6 Å². The Balaban J connectivity index is 2.93. The van der Waals surface area contributed by atoms with Crippen LogP contribution < -0.4 is 0 Å². The molecule has 0 fully saturated rings. The summed E-state index contributed by atoms with van der Waals surface area (Å²) >= 11 is 0. The second-order valence-electron chi connectivity index (χ2n) is 3.14. The Labute approximate surface area is 102 Å². The van der Waals surface area contributed by atoms with E-state index in [1.165, 1.54) is 30.3 Å². The zero-order valence-electron chi connectivity index (χ0n) is 9.28. The highest BCUT2D eigenvalue weighted by Gasteiger charge is 2.17. The molecule has 0 heterocycles. The number of esters is 1. The summed E-state index contributed by atoms with van der Waals surface area (Å²) in [6, 6.07) is 4.98. The summed E-state index contributed by atoms with van der Waals surface area (Å²) < 4.78 is 4.69. The third kappa shape index (κ3) is 3.14. The average Bonchev–Trinajstić information content (AvgIpc) is 2.37. The molecule has 0 saturated carbocycles. The molecule has 7 heteroatoms. The Morgan fingerprint density at radius 3 is 2.56 bits per heavy atom. The number of carbonyl (C=O) groups is 1. The van der Waals surface area contributed by atoms with Crippen LogP contribution in [0.15, 0.2) is 42.1 Å². The smallest absolute Gasteiger partial charge is 0.361 e. The zero-order valence-corrected chi connectivity index (χ0v) is 9.28. The summed E-state index contributed by atoms with van der Waals surface area (Å²) in [6.45, 7) is 3.34. The summed E-state index contributed by atoms with van der Waals surface area (Å²) in [7, 11) is 0. The van der Waals surface area contributed by atoms with Gasteiger partial charge in [0, 0.05) is 17.7 Å². The molecule has 7 nitrogen and oxygen atoms in total. The van der Waals surface area contributed by atoms with Crippen molar-refractivity contribution in [3.05, 3.63) is 52.6 Å². The van der Waals surface area contributed by atoms with E-state index in [0.29, 0.717) is 0 Å². The van der Waals surface area contributed by atoms with Crippen LogP contribution in [0.4, 0.5) is 5.69 Å². The van der Waals surface area contributed by atoms with Gasteiger partial charge in [0.1, 0.15) is 6.61 Å². The zero-order chi connectivity index (χ0) is 13.5. The number of nitro benzene ring substituents is 1. The van der Waals surface area contributed by atoms with Crippen LogP contribution in [-0.2, 0) is 9.53 Å². The number of ether oxygens (including phenoxy) is 1. The summed E-state index contributed by atoms with van der Waals surface area (Å²) in [4.78, 5) is 21.3. The molecule has 0 saturated heterocycles. The first-order chi connectivity index (χ1) is 8.60. The van der Waals surface area contributed by atoms with Gasteiger partial charge in [-0.15, -0.1) is 0 Å². The van der Waals surface area contributed by atoms with Crippen LogP contribution in [0.5, 0.6) is 0 Å². The van der Waals surface area contributed by atoms with Gasteiger partial charge in [0.2, 0.25) is 0 Å². The normalized spacial score (nSPS) is 10.8. The molecule has 0 aliphatic rings. The fraction of sp³-hybridized carbons (Fsp3) is 0.0909. The van der Waals surface area contributed by atoms with E-state index < -0.39 is 10.9 Å². The molecule has 0 amide bonds. The van der Waals surface area contributed by atoms with Gasteiger partial charge in [0.05, 0.1) is 4.92 Å². The maximum absolute atomic E-state index is 11.5. The number of hydrogen-bond donors (Lipinski definition) is 1. The first-order valence-electron chi connectivity index (χ1n) is 4.85. The lowest BCUT2D eigenvalue weighted by molar-refractivity contribution is -0.384. The van der Waals surface area contributed by atoms with Gasteiger partial charge < -0.3 is 9.94 Å². The Morgan fingerprint density at radius 1 is 1.50 bits per heavy atom. The number of nitrogens with zero attached hydrogens (tertiary/aromatic N) is 2. The van der Waals surface area contributed by atoms with Crippen LogP contribution in [0.2, 0.25) is 0 Å². The minimum atomic E-state index is -0.841.